The summed E-state index contributed by atoms with van der Waals surface area (Å²) in [6.45, 7) is 3.53. The van der Waals surface area contributed by atoms with Crippen LogP contribution in [0, 0.1) is 6.92 Å². The molecule has 0 aliphatic rings. The van der Waals surface area contributed by atoms with Crippen molar-refractivity contribution in [2.45, 2.75) is 25.2 Å². The standard InChI is InChI=1S/C15H19N3O4S/c1-5-13-14(10(2)22-17-13)15(19)16-11-7-6-8-12(9-11)23(20,21)18(3)4/h6-9H,5H2,1-4H3,(H,16,19). The average molecular weight is 337 g/mol. The smallest absolute Gasteiger partial charge is 0.261 e. The molecule has 0 aliphatic carbocycles. The van der Waals surface area contributed by atoms with Gasteiger partial charge in [0.1, 0.15) is 11.3 Å². The fourth-order valence-corrected chi connectivity index (χ4v) is 3.04. The fraction of sp³-hybridized carbons (Fsp3) is 0.333. The molecule has 1 amide bonds. The van der Waals surface area contributed by atoms with E-state index in [9.17, 15) is 13.2 Å². The van der Waals surface area contributed by atoms with Crippen LogP contribution in [0.3, 0.4) is 0 Å². The van der Waals surface area contributed by atoms with Gasteiger partial charge in [-0.2, -0.15) is 0 Å². The topological polar surface area (TPSA) is 92.5 Å². The maximum Gasteiger partial charge on any atom is 0.261 e. The molecule has 1 N–H and O–H groups in total. The van der Waals surface area contributed by atoms with Gasteiger partial charge in [0.2, 0.25) is 10.0 Å². The number of carbonyl (C=O) groups excluding carboxylic acids is 1. The Morgan fingerprint density at radius 1 is 1.35 bits per heavy atom. The highest BCUT2D eigenvalue weighted by Gasteiger charge is 2.21. The van der Waals surface area contributed by atoms with Crippen LogP contribution in [0.5, 0.6) is 0 Å². The van der Waals surface area contributed by atoms with E-state index < -0.39 is 10.0 Å². The number of carbonyl (C=O) groups is 1. The molecule has 0 fully saturated rings. The Hall–Kier alpha value is -2.19. The van der Waals surface area contributed by atoms with Gasteiger partial charge in [-0.25, -0.2) is 12.7 Å². The lowest BCUT2D eigenvalue weighted by molar-refractivity contribution is 0.102. The van der Waals surface area contributed by atoms with E-state index in [0.29, 0.717) is 29.1 Å². The molecule has 0 unspecified atom stereocenters. The van der Waals surface area contributed by atoms with Crippen molar-refractivity contribution in [2.75, 3.05) is 19.4 Å². The summed E-state index contributed by atoms with van der Waals surface area (Å²) in [7, 11) is -0.653. The normalized spacial score (nSPS) is 11.7. The number of hydrogen-bond acceptors (Lipinski definition) is 5. The molecule has 0 bridgehead atoms. The first-order valence-electron chi connectivity index (χ1n) is 7.06. The number of anilines is 1. The number of nitrogens with zero attached hydrogens (tertiary/aromatic N) is 2. The van der Waals surface area contributed by atoms with Gasteiger partial charge in [-0.3, -0.25) is 4.79 Å². The molecule has 7 nitrogen and oxygen atoms in total. The van der Waals surface area contributed by atoms with Crippen LogP contribution in [0.1, 0.15) is 28.7 Å². The number of aryl methyl sites for hydroxylation is 2. The van der Waals surface area contributed by atoms with E-state index in [2.05, 4.69) is 10.5 Å². The Labute approximate surface area is 135 Å². The van der Waals surface area contributed by atoms with E-state index in [1.165, 1.54) is 26.2 Å². The maximum atomic E-state index is 12.4. The first-order valence-corrected chi connectivity index (χ1v) is 8.50. The third kappa shape index (κ3) is 3.43. The maximum absolute atomic E-state index is 12.4. The molecular weight excluding hydrogens is 318 g/mol. The number of rotatable bonds is 5. The van der Waals surface area contributed by atoms with E-state index in [-0.39, 0.29) is 10.8 Å². The van der Waals surface area contributed by atoms with E-state index in [1.807, 2.05) is 6.92 Å². The van der Waals surface area contributed by atoms with Crippen LogP contribution in [-0.4, -0.2) is 37.9 Å². The molecule has 0 atom stereocenters. The predicted molar refractivity (Wildman–Crippen MR) is 85.9 cm³/mol. The third-order valence-corrected chi connectivity index (χ3v) is 5.18. The Bertz CT molecular complexity index is 825. The zero-order valence-corrected chi connectivity index (χ0v) is 14.3. The summed E-state index contributed by atoms with van der Waals surface area (Å²) in [4.78, 5) is 12.5. The van der Waals surface area contributed by atoms with Crippen molar-refractivity contribution in [1.29, 1.82) is 0 Å². The average Bonchev–Trinajstić information content (AvgIpc) is 2.88. The second kappa shape index (κ2) is 6.51. The fourth-order valence-electron chi connectivity index (χ4n) is 2.09. The molecule has 0 saturated carbocycles. The summed E-state index contributed by atoms with van der Waals surface area (Å²) in [6.07, 6.45) is 0.565. The van der Waals surface area contributed by atoms with Crippen molar-refractivity contribution in [3.63, 3.8) is 0 Å². The lowest BCUT2D eigenvalue weighted by Crippen LogP contribution is -2.22. The molecule has 0 spiro atoms. The van der Waals surface area contributed by atoms with Crippen molar-refractivity contribution in [2.24, 2.45) is 0 Å². The molecule has 2 rings (SSSR count). The minimum absolute atomic E-state index is 0.109. The first-order chi connectivity index (χ1) is 10.8. The highest BCUT2D eigenvalue weighted by Crippen LogP contribution is 2.20. The Morgan fingerprint density at radius 3 is 2.65 bits per heavy atom. The molecular formula is C15H19N3O4S. The number of amides is 1. The Balaban J connectivity index is 2.31. The Kier molecular flexibility index (Phi) is 4.86. The second-order valence-corrected chi connectivity index (χ2v) is 7.34. The van der Waals surface area contributed by atoms with Crippen LogP contribution in [0.15, 0.2) is 33.7 Å². The molecule has 23 heavy (non-hydrogen) atoms. The lowest BCUT2D eigenvalue weighted by Gasteiger charge is -2.12. The van der Waals surface area contributed by atoms with Crippen LogP contribution in [-0.2, 0) is 16.4 Å². The van der Waals surface area contributed by atoms with Gasteiger partial charge in [0.05, 0.1) is 10.6 Å². The van der Waals surface area contributed by atoms with E-state index in [0.717, 1.165) is 4.31 Å². The zero-order chi connectivity index (χ0) is 17.2. The number of hydrogen-bond donors (Lipinski definition) is 1. The molecule has 1 aromatic heterocycles. The van der Waals surface area contributed by atoms with Gasteiger partial charge in [-0.1, -0.05) is 18.1 Å². The summed E-state index contributed by atoms with van der Waals surface area (Å²) in [5.41, 5.74) is 1.34. The molecule has 8 heteroatoms. The van der Waals surface area contributed by atoms with Gasteiger partial charge in [0, 0.05) is 19.8 Å². The summed E-state index contributed by atoms with van der Waals surface area (Å²) in [5, 5.41) is 6.53. The van der Waals surface area contributed by atoms with Crippen LogP contribution in [0.4, 0.5) is 5.69 Å². The van der Waals surface area contributed by atoms with E-state index in [1.54, 1.807) is 19.1 Å². The van der Waals surface area contributed by atoms with Crippen LogP contribution in [0.25, 0.3) is 0 Å². The minimum atomic E-state index is -3.56. The molecule has 0 aliphatic heterocycles. The highest BCUT2D eigenvalue weighted by molar-refractivity contribution is 7.89. The molecule has 1 heterocycles. The summed E-state index contributed by atoms with van der Waals surface area (Å²) in [5.74, 6) is 0.0522. The molecule has 0 radical (unpaired) electrons. The van der Waals surface area contributed by atoms with Crippen LogP contribution >= 0.6 is 0 Å². The predicted octanol–water partition coefficient (Wildman–Crippen LogP) is 2.05. The Morgan fingerprint density at radius 2 is 2.04 bits per heavy atom. The minimum Gasteiger partial charge on any atom is -0.361 e. The van der Waals surface area contributed by atoms with Gasteiger partial charge in [0.25, 0.3) is 5.91 Å². The van der Waals surface area contributed by atoms with Gasteiger partial charge < -0.3 is 9.84 Å². The quantitative estimate of drug-likeness (QED) is 0.901. The largest absolute Gasteiger partial charge is 0.361 e. The number of benzene rings is 1. The monoisotopic (exact) mass is 337 g/mol. The number of nitrogens with one attached hydrogen (secondary N) is 1. The van der Waals surface area contributed by atoms with E-state index in [4.69, 9.17) is 4.52 Å². The number of aromatic nitrogens is 1. The summed E-state index contributed by atoms with van der Waals surface area (Å²) in [6, 6.07) is 6.10. The van der Waals surface area contributed by atoms with Gasteiger partial charge >= 0.3 is 0 Å². The van der Waals surface area contributed by atoms with Crippen molar-refractivity contribution in [3.05, 3.63) is 41.3 Å². The SMILES string of the molecule is CCc1noc(C)c1C(=O)Nc1cccc(S(=O)(=O)N(C)C)c1. The summed E-state index contributed by atoms with van der Waals surface area (Å²) >= 11 is 0. The zero-order valence-electron chi connectivity index (χ0n) is 13.5. The van der Waals surface area contributed by atoms with Crippen molar-refractivity contribution < 1.29 is 17.7 Å². The first kappa shape index (κ1) is 17.2. The number of sulfonamides is 1. The van der Waals surface area contributed by atoms with Crippen molar-refractivity contribution >= 4 is 21.6 Å². The van der Waals surface area contributed by atoms with E-state index >= 15 is 0 Å². The summed E-state index contributed by atoms with van der Waals surface area (Å²) < 4.78 is 30.4. The van der Waals surface area contributed by atoms with Crippen molar-refractivity contribution in [1.82, 2.24) is 9.46 Å². The molecule has 1 aromatic carbocycles. The molecule has 0 saturated heterocycles. The molecule has 2 aromatic rings. The highest BCUT2D eigenvalue weighted by atomic mass is 32.2. The van der Waals surface area contributed by atoms with Crippen LogP contribution < -0.4 is 5.32 Å². The van der Waals surface area contributed by atoms with Crippen LogP contribution in [0.2, 0.25) is 0 Å². The van der Waals surface area contributed by atoms with Gasteiger partial charge in [0.15, 0.2) is 0 Å². The molecule has 124 valence electrons. The second-order valence-electron chi connectivity index (χ2n) is 5.18. The van der Waals surface area contributed by atoms with Gasteiger partial charge in [-0.15, -0.1) is 0 Å². The lowest BCUT2D eigenvalue weighted by atomic mass is 10.1. The van der Waals surface area contributed by atoms with Crippen molar-refractivity contribution in [3.8, 4) is 0 Å². The van der Waals surface area contributed by atoms with Gasteiger partial charge in [-0.05, 0) is 31.5 Å². The third-order valence-electron chi connectivity index (χ3n) is 3.37.